The van der Waals surface area contributed by atoms with E-state index in [0.29, 0.717) is 36.1 Å². The summed E-state index contributed by atoms with van der Waals surface area (Å²) >= 11 is 6.85. The average molecular weight is 477 g/mol. The number of hydrogen-bond acceptors (Lipinski definition) is 6. The normalized spacial score (nSPS) is 14.5. The minimum Gasteiger partial charge on any atom is -0.497 e. The number of rotatable bonds is 5. The molecule has 0 unspecified atom stereocenters. The molecule has 2 aromatic carbocycles. The first-order chi connectivity index (χ1) is 14.9. The van der Waals surface area contributed by atoms with Crippen molar-refractivity contribution in [2.24, 2.45) is 0 Å². The molecule has 2 heterocycles. The maximum absolute atomic E-state index is 13.0. The number of carbonyl (C=O) groups is 1. The maximum Gasteiger partial charge on any atom is 0.264 e. The summed E-state index contributed by atoms with van der Waals surface area (Å²) in [5.41, 5.74) is 1.05. The number of methoxy groups -OCH3 is 1. The van der Waals surface area contributed by atoms with Crippen LogP contribution in [0.15, 0.2) is 69.8 Å². The zero-order valence-electron chi connectivity index (χ0n) is 16.8. The van der Waals surface area contributed by atoms with E-state index in [9.17, 15) is 13.2 Å². The maximum atomic E-state index is 13.0. The van der Waals surface area contributed by atoms with E-state index < -0.39 is 9.84 Å². The van der Waals surface area contributed by atoms with Crippen molar-refractivity contribution in [3.05, 3.63) is 70.6 Å². The van der Waals surface area contributed by atoms with Gasteiger partial charge in [0.2, 0.25) is 9.84 Å². The molecule has 1 aliphatic heterocycles. The number of amides is 1. The van der Waals surface area contributed by atoms with E-state index in [4.69, 9.17) is 16.3 Å². The van der Waals surface area contributed by atoms with E-state index in [2.05, 4.69) is 4.90 Å². The van der Waals surface area contributed by atoms with Crippen molar-refractivity contribution in [3.63, 3.8) is 0 Å². The molecule has 0 spiro atoms. The highest BCUT2D eigenvalue weighted by molar-refractivity contribution is 7.93. The number of nitrogens with zero attached hydrogens (tertiary/aromatic N) is 2. The molecule has 162 valence electrons. The molecule has 0 N–H and O–H groups in total. The monoisotopic (exact) mass is 476 g/mol. The van der Waals surface area contributed by atoms with E-state index in [0.717, 1.165) is 22.8 Å². The third-order valence-corrected chi connectivity index (χ3v) is 8.75. The number of anilines is 1. The van der Waals surface area contributed by atoms with Crippen LogP contribution in [-0.4, -0.2) is 52.5 Å². The second kappa shape index (κ2) is 8.90. The summed E-state index contributed by atoms with van der Waals surface area (Å²) in [5, 5.41) is 0.467. The molecule has 0 aliphatic carbocycles. The van der Waals surface area contributed by atoms with Crippen LogP contribution in [0.2, 0.25) is 5.02 Å². The van der Waals surface area contributed by atoms with Crippen LogP contribution < -0.4 is 9.64 Å². The lowest BCUT2D eigenvalue weighted by molar-refractivity contribution is 0.0751. The van der Waals surface area contributed by atoms with Gasteiger partial charge in [-0.1, -0.05) is 17.7 Å². The van der Waals surface area contributed by atoms with Crippen LogP contribution >= 0.6 is 22.9 Å². The topological polar surface area (TPSA) is 66.9 Å². The smallest absolute Gasteiger partial charge is 0.264 e. The predicted molar refractivity (Wildman–Crippen MR) is 122 cm³/mol. The molecule has 3 aromatic rings. The summed E-state index contributed by atoms with van der Waals surface area (Å²) in [4.78, 5) is 17.5. The summed E-state index contributed by atoms with van der Waals surface area (Å²) in [6.45, 7) is 2.51. The number of halogens is 1. The Labute approximate surface area is 190 Å². The van der Waals surface area contributed by atoms with E-state index in [1.165, 1.54) is 30.3 Å². The lowest BCUT2D eigenvalue weighted by atomic mass is 10.2. The zero-order chi connectivity index (χ0) is 22.0. The molecule has 1 fully saturated rings. The summed E-state index contributed by atoms with van der Waals surface area (Å²) < 4.78 is 31.1. The second-order valence-electron chi connectivity index (χ2n) is 7.06. The van der Waals surface area contributed by atoms with Crippen molar-refractivity contribution in [2.75, 3.05) is 38.2 Å². The van der Waals surface area contributed by atoms with Gasteiger partial charge in [-0.2, -0.15) is 0 Å². The first-order valence-corrected chi connectivity index (χ1v) is 12.3. The molecule has 0 bridgehead atoms. The SMILES string of the molecule is COc1cccc(N2CCN(C(=O)c3ccc(S(=O)(=O)c4ccc(Cl)cc4)s3)CC2)c1. The summed E-state index contributed by atoms with van der Waals surface area (Å²) in [6.07, 6.45) is 0. The number of hydrogen-bond donors (Lipinski definition) is 0. The van der Waals surface area contributed by atoms with Crippen molar-refractivity contribution in [1.82, 2.24) is 4.90 Å². The van der Waals surface area contributed by atoms with Crippen LogP contribution in [0, 0.1) is 0 Å². The molecule has 6 nitrogen and oxygen atoms in total. The zero-order valence-corrected chi connectivity index (χ0v) is 19.2. The van der Waals surface area contributed by atoms with Crippen molar-refractivity contribution >= 4 is 44.4 Å². The molecule has 0 saturated carbocycles. The number of benzene rings is 2. The Kier molecular flexibility index (Phi) is 6.22. The van der Waals surface area contributed by atoms with Gasteiger partial charge in [-0.15, -0.1) is 11.3 Å². The highest BCUT2D eigenvalue weighted by Gasteiger charge is 2.26. The molecule has 1 aliphatic rings. The van der Waals surface area contributed by atoms with Gasteiger partial charge in [0.1, 0.15) is 9.96 Å². The number of ether oxygens (including phenoxy) is 1. The van der Waals surface area contributed by atoms with Crippen molar-refractivity contribution in [1.29, 1.82) is 0 Å². The predicted octanol–water partition coefficient (Wildman–Crippen LogP) is 4.21. The van der Waals surface area contributed by atoms with Crippen molar-refractivity contribution < 1.29 is 17.9 Å². The van der Waals surface area contributed by atoms with E-state index in [-0.39, 0.29) is 15.0 Å². The van der Waals surface area contributed by atoms with Crippen molar-refractivity contribution in [3.8, 4) is 5.75 Å². The molecule has 0 atom stereocenters. The summed E-state index contributed by atoms with van der Waals surface area (Å²) in [7, 11) is -2.04. The van der Waals surface area contributed by atoms with Crippen LogP contribution in [0.4, 0.5) is 5.69 Å². The molecule has 0 radical (unpaired) electrons. The van der Waals surface area contributed by atoms with Gasteiger partial charge in [-0.25, -0.2) is 8.42 Å². The van der Waals surface area contributed by atoms with Gasteiger partial charge in [0.15, 0.2) is 0 Å². The first-order valence-electron chi connectivity index (χ1n) is 9.67. The van der Waals surface area contributed by atoms with E-state index >= 15 is 0 Å². The van der Waals surface area contributed by atoms with Crippen LogP contribution in [0.1, 0.15) is 9.67 Å². The van der Waals surface area contributed by atoms with Gasteiger partial charge in [0, 0.05) is 43.0 Å². The first kappa shape index (κ1) is 21.7. The third kappa shape index (κ3) is 4.56. The van der Waals surface area contributed by atoms with Crippen molar-refractivity contribution in [2.45, 2.75) is 9.10 Å². The fourth-order valence-corrected chi connectivity index (χ4v) is 6.24. The number of carbonyl (C=O) groups excluding carboxylic acids is 1. The fraction of sp³-hybridized carbons (Fsp3) is 0.227. The molecule has 4 rings (SSSR count). The number of piperazine rings is 1. The molecular weight excluding hydrogens is 456 g/mol. The Hall–Kier alpha value is -2.55. The number of thiophene rings is 1. The van der Waals surface area contributed by atoms with Crippen LogP contribution in [-0.2, 0) is 9.84 Å². The highest BCUT2D eigenvalue weighted by atomic mass is 35.5. The number of sulfone groups is 1. The Morgan fingerprint density at radius 3 is 2.39 bits per heavy atom. The molecule has 1 aromatic heterocycles. The molecule has 9 heteroatoms. The van der Waals surface area contributed by atoms with Crippen LogP contribution in [0.25, 0.3) is 0 Å². The van der Waals surface area contributed by atoms with Gasteiger partial charge in [0.25, 0.3) is 5.91 Å². The quantitative estimate of drug-likeness (QED) is 0.552. The average Bonchev–Trinajstić information content (AvgIpc) is 3.30. The third-order valence-electron chi connectivity index (χ3n) is 5.17. The molecule has 1 saturated heterocycles. The van der Waals surface area contributed by atoms with Gasteiger partial charge in [-0.05, 0) is 48.5 Å². The van der Waals surface area contributed by atoms with Gasteiger partial charge < -0.3 is 14.5 Å². The standard InChI is InChI=1S/C22H21ClN2O4S2/c1-29-18-4-2-3-17(15-18)24-11-13-25(14-12-24)22(26)20-9-10-21(30-20)31(27,28)19-7-5-16(23)6-8-19/h2-10,15H,11-14H2,1H3. The molecule has 1 amide bonds. The highest BCUT2D eigenvalue weighted by Crippen LogP contribution is 2.30. The lowest BCUT2D eigenvalue weighted by Crippen LogP contribution is -2.48. The van der Waals surface area contributed by atoms with Crippen LogP contribution in [0.3, 0.4) is 0 Å². The van der Waals surface area contributed by atoms with Gasteiger partial charge in [-0.3, -0.25) is 4.79 Å². The molecule has 31 heavy (non-hydrogen) atoms. The largest absolute Gasteiger partial charge is 0.497 e. The lowest BCUT2D eigenvalue weighted by Gasteiger charge is -2.36. The van der Waals surface area contributed by atoms with E-state index in [1.807, 2.05) is 24.3 Å². The van der Waals surface area contributed by atoms with Gasteiger partial charge in [0.05, 0.1) is 16.9 Å². The van der Waals surface area contributed by atoms with Crippen LogP contribution in [0.5, 0.6) is 5.75 Å². The Bertz CT molecular complexity index is 1180. The van der Waals surface area contributed by atoms with Gasteiger partial charge >= 0.3 is 0 Å². The Balaban J connectivity index is 1.44. The summed E-state index contributed by atoms with van der Waals surface area (Å²) in [5.74, 6) is 0.650. The molecular formula is C22H21ClN2O4S2. The van der Waals surface area contributed by atoms with E-state index in [1.54, 1.807) is 18.1 Å². The minimum absolute atomic E-state index is 0.146. The Morgan fingerprint density at radius 1 is 1.00 bits per heavy atom. The Morgan fingerprint density at radius 2 is 1.71 bits per heavy atom. The minimum atomic E-state index is -3.68. The summed E-state index contributed by atoms with van der Waals surface area (Å²) in [6, 6.07) is 16.9. The second-order valence-corrected chi connectivity index (χ2v) is 10.8. The fourth-order valence-electron chi connectivity index (χ4n) is 3.44.